The van der Waals surface area contributed by atoms with Crippen molar-refractivity contribution in [2.24, 2.45) is 0 Å². The summed E-state index contributed by atoms with van der Waals surface area (Å²) in [6, 6.07) is 5.51. The first-order chi connectivity index (χ1) is 9.87. The van der Waals surface area contributed by atoms with Gasteiger partial charge in [-0.1, -0.05) is 12.1 Å². The maximum absolute atomic E-state index is 12.8. The van der Waals surface area contributed by atoms with Crippen molar-refractivity contribution in [1.82, 2.24) is 9.21 Å². The van der Waals surface area contributed by atoms with E-state index in [0.29, 0.717) is 35.2 Å². The Morgan fingerprint density at radius 2 is 1.81 bits per heavy atom. The molecule has 1 fully saturated rings. The van der Waals surface area contributed by atoms with Gasteiger partial charge in [0.1, 0.15) is 0 Å². The molecule has 2 rings (SSSR count). The number of nitrogens with zero attached hydrogens (tertiary/aromatic N) is 2. The predicted octanol–water partition coefficient (Wildman–Crippen LogP) is 1.20. The third kappa shape index (κ3) is 3.29. The highest BCUT2D eigenvalue weighted by Crippen LogP contribution is 2.24. The molecule has 0 spiro atoms. The highest BCUT2D eigenvalue weighted by molar-refractivity contribution is 7.89. The lowest BCUT2D eigenvalue weighted by Crippen LogP contribution is -2.50. The van der Waals surface area contributed by atoms with Gasteiger partial charge in [0.05, 0.1) is 11.5 Å². The van der Waals surface area contributed by atoms with Crippen molar-refractivity contribution in [3.8, 4) is 0 Å². The van der Waals surface area contributed by atoms with E-state index in [1.807, 2.05) is 0 Å². The van der Waals surface area contributed by atoms with Gasteiger partial charge in [0.25, 0.3) is 0 Å². The summed E-state index contributed by atoms with van der Waals surface area (Å²) < 4.78 is 27.1. The summed E-state index contributed by atoms with van der Waals surface area (Å²) in [6.45, 7) is 8.41. The van der Waals surface area contributed by atoms with Crippen LogP contribution in [0.5, 0.6) is 0 Å². The normalized spacial score (nSPS) is 18.3. The third-order valence-electron chi connectivity index (χ3n) is 4.19. The van der Waals surface area contributed by atoms with Gasteiger partial charge in [-0.25, -0.2) is 8.42 Å². The van der Waals surface area contributed by atoms with Crippen LogP contribution in [0.3, 0.4) is 0 Å². The monoisotopic (exact) mass is 312 g/mol. The summed E-state index contributed by atoms with van der Waals surface area (Å²) >= 11 is 0. The zero-order valence-corrected chi connectivity index (χ0v) is 13.7. The molecule has 21 heavy (non-hydrogen) atoms. The number of aliphatic hydroxyl groups is 1. The van der Waals surface area contributed by atoms with Crippen LogP contribution in [0.4, 0.5) is 0 Å². The maximum Gasteiger partial charge on any atom is 0.243 e. The molecule has 6 heteroatoms. The predicted molar refractivity (Wildman–Crippen MR) is 82.6 cm³/mol. The molecule has 1 heterocycles. The molecular weight excluding hydrogens is 288 g/mol. The first-order valence-corrected chi connectivity index (χ1v) is 8.75. The number of sulfonamides is 1. The summed E-state index contributed by atoms with van der Waals surface area (Å²) in [6.07, 6.45) is 0. The van der Waals surface area contributed by atoms with Gasteiger partial charge in [0.15, 0.2) is 0 Å². The Morgan fingerprint density at radius 1 is 1.19 bits per heavy atom. The van der Waals surface area contributed by atoms with Gasteiger partial charge < -0.3 is 5.11 Å². The van der Waals surface area contributed by atoms with Crippen LogP contribution < -0.4 is 0 Å². The third-order valence-corrected chi connectivity index (χ3v) is 6.23. The molecule has 0 saturated carbocycles. The molecule has 1 saturated heterocycles. The second kappa shape index (κ2) is 6.44. The number of aliphatic hydroxyl groups excluding tert-OH is 1. The average Bonchev–Trinajstić information content (AvgIpc) is 2.47. The molecular formula is C15H24N2O3S. The van der Waals surface area contributed by atoms with Gasteiger partial charge in [-0.3, -0.25) is 4.90 Å². The zero-order valence-electron chi connectivity index (χ0n) is 12.9. The van der Waals surface area contributed by atoms with E-state index in [1.54, 1.807) is 29.4 Å². The lowest BCUT2D eigenvalue weighted by Gasteiger charge is -2.36. The summed E-state index contributed by atoms with van der Waals surface area (Å²) in [7, 11) is -3.48. The smallest absolute Gasteiger partial charge is 0.243 e. The molecule has 0 atom stereocenters. The molecule has 1 aromatic carbocycles. The fraction of sp³-hybridized carbons (Fsp3) is 0.600. The summed E-state index contributed by atoms with van der Waals surface area (Å²) in [5.74, 6) is 0. The lowest BCUT2D eigenvalue weighted by molar-refractivity contribution is 0.154. The Hall–Kier alpha value is -0.950. The van der Waals surface area contributed by atoms with Crippen molar-refractivity contribution in [3.05, 3.63) is 29.3 Å². The fourth-order valence-electron chi connectivity index (χ4n) is 2.71. The number of hydrogen-bond acceptors (Lipinski definition) is 4. The Bertz CT molecular complexity index is 591. The van der Waals surface area contributed by atoms with Gasteiger partial charge in [-0.15, -0.1) is 0 Å². The number of rotatable bonds is 4. The van der Waals surface area contributed by atoms with Crippen LogP contribution in [0.1, 0.15) is 25.0 Å². The van der Waals surface area contributed by atoms with E-state index in [-0.39, 0.29) is 6.61 Å². The Balaban J connectivity index is 2.24. The minimum absolute atomic E-state index is 0.143. The fourth-order valence-corrected chi connectivity index (χ4v) is 4.40. The molecule has 0 amide bonds. The molecule has 0 bridgehead atoms. The van der Waals surface area contributed by atoms with E-state index in [9.17, 15) is 13.5 Å². The van der Waals surface area contributed by atoms with Gasteiger partial charge in [0.2, 0.25) is 10.0 Å². The number of piperazine rings is 1. The van der Waals surface area contributed by atoms with Gasteiger partial charge in [-0.05, 0) is 38.0 Å². The molecule has 0 unspecified atom stereocenters. The zero-order chi connectivity index (χ0) is 15.6. The molecule has 0 radical (unpaired) electrons. The molecule has 1 N–H and O–H groups in total. The summed E-state index contributed by atoms with van der Waals surface area (Å²) in [5, 5.41) is 9.30. The topological polar surface area (TPSA) is 60.9 Å². The molecule has 118 valence electrons. The Kier molecular flexibility index (Phi) is 5.03. The van der Waals surface area contributed by atoms with Crippen molar-refractivity contribution in [2.45, 2.75) is 38.3 Å². The minimum atomic E-state index is -3.48. The summed E-state index contributed by atoms with van der Waals surface area (Å²) in [5.41, 5.74) is 1.31. The van der Waals surface area contributed by atoms with Crippen LogP contribution in [0.25, 0.3) is 0 Å². The number of hydrogen-bond donors (Lipinski definition) is 1. The quantitative estimate of drug-likeness (QED) is 0.907. The van der Waals surface area contributed by atoms with Crippen LogP contribution in [-0.2, 0) is 16.6 Å². The average molecular weight is 312 g/mol. The molecule has 0 aliphatic carbocycles. The van der Waals surface area contributed by atoms with E-state index < -0.39 is 10.0 Å². The standard InChI is InChI=1S/C15H24N2O3S/c1-12(2)16-7-9-17(10-8-16)21(19,20)15-6-4-5-14(11-18)13(15)3/h4-6,12,18H,7-11H2,1-3H3. The van der Waals surface area contributed by atoms with Crippen LogP contribution >= 0.6 is 0 Å². The van der Waals surface area contributed by atoms with Crippen LogP contribution in [0, 0.1) is 6.92 Å². The molecule has 0 aromatic heterocycles. The van der Waals surface area contributed by atoms with Gasteiger partial charge in [-0.2, -0.15) is 4.31 Å². The highest BCUT2D eigenvalue weighted by Gasteiger charge is 2.30. The van der Waals surface area contributed by atoms with Crippen molar-refractivity contribution >= 4 is 10.0 Å². The van der Waals surface area contributed by atoms with Crippen molar-refractivity contribution in [1.29, 1.82) is 0 Å². The van der Waals surface area contributed by atoms with Crippen molar-refractivity contribution < 1.29 is 13.5 Å². The Labute approximate surface area is 127 Å². The summed E-state index contributed by atoms with van der Waals surface area (Å²) in [4.78, 5) is 2.59. The van der Waals surface area contributed by atoms with Crippen LogP contribution in [-0.4, -0.2) is 55.0 Å². The van der Waals surface area contributed by atoms with Crippen LogP contribution in [0.15, 0.2) is 23.1 Å². The SMILES string of the molecule is Cc1c(CO)cccc1S(=O)(=O)N1CCN(C(C)C)CC1. The van der Waals surface area contributed by atoms with E-state index in [1.165, 1.54) is 0 Å². The minimum Gasteiger partial charge on any atom is -0.392 e. The van der Waals surface area contributed by atoms with Gasteiger partial charge in [0, 0.05) is 32.2 Å². The molecule has 5 nitrogen and oxygen atoms in total. The lowest BCUT2D eigenvalue weighted by atomic mass is 10.1. The highest BCUT2D eigenvalue weighted by atomic mass is 32.2. The first-order valence-electron chi connectivity index (χ1n) is 7.31. The maximum atomic E-state index is 12.8. The second-order valence-corrected chi connectivity index (χ2v) is 7.64. The first kappa shape index (κ1) is 16.4. The molecule has 1 aliphatic heterocycles. The molecule has 1 aliphatic rings. The van der Waals surface area contributed by atoms with E-state index in [2.05, 4.69) is 18.7 Å². The van der Waals surface area contributed by atoms with E-state index >= 15 is 0 Å². The largest absolute Gasteiger partial charge is 0.392 e. The van der Waals surface area contributed by atoms with Crippen molar-refractivity contribution in [3.63, 3.8) is 0 Å². The van der Waals surface area contributed by atoms with Crippen molar-refractivity contribution in [2.75, 3.05) is 26.2 Å². The van der Waals surface area contributed by atoms with Gasteiger partial charge >= 0.3 is 0 Å². The van der Waals surface area contributed by atoms with Crippen LogP contribution in [0.2, 0.25) is 0 Å². The molecule has 1 aromatic rings. The van der Waals surface area contributed by atoms with E-state index in [0.717, 1.165) is 13.1 Å². The Morgan fingerprint density at radius 3 is 2.33 bits per heavy atom. The number of benzene rings is 1. The second-order valence-electron chi connectivity index (χ2n) is 5.73. The van der Waals surface area contributed by atoms with E-state index in [4.69, 9.17) is 0 Å².